The first-order valence-corrected chi connectivity index (χ1v) is 6.10. The molecule has 0 aromatic carbocycles. The van der Waals surface area contributed by atoms with E-state index in [1.807, 2.05) is 22.6 Å². The molecule has 7 heteroatoms. The Hall–Kier alpha value is -0.530. The lowest BCUT2D eigenvalue weighted by atomic mass is 10.2. The first-order valence-electron chi connectivity index (χ1n) is 4.86. The van der Waals surface area contributed by atoms with E-state index in [0.29, 0.717) is 6.54 Å². The van der Waals surface area contributed by atoms with Crippen molar-refractivity contribution in [3.05, 3.63) is 10.4 Å². The van der Waals surface area contributed by atoms with Crippen LogP contribution in [0.5, 0.6) is 0 Å². The first-order chi connectivity index (χ1) is 7.18. The van der Waals surface area contributed by atoms with Gasteiger partial charge in [0.15, 0.2) is 0 Å². The van der Waals surface area contributed by atoms with Crippen LogP contribution in [-0.4, -0.2) is 23.0 Å². The molecule has 0 rings (SSSR count). The average Bonchev–Trinajstić information content (AvgIpc) is 2.21. The highest BCUT2D eigenvalue weighted by molar-refractivity contribution is 14.1. The van der Waals surface area contributed by atoms with Gasteiger partial charge in [-0.05, 0) is 24.9 Å². The van der Waals surface area contributed by atoms with E-state index >= 15 is 0 Å². The second-order valence-electron chi connectivity index (χ2n) is 3.09. The fourth-order valence-corrected chi connectivity index (χ4v) is 1.35. The van der Waals surface area contributed by atoms with E-state index in [9.17, 15) is 4.79 Å². The molecule has 6 nitrogen and oxygen atoms in total. The zero-order valence-electron chi connectivity index (χ0n) is 8.53. The Balaban J connectivity index is 3.18. The SMILES string of the molecule is [N-]=[N+]=NCCCCCCNC(I)C(N)=O. The molecular weight excluding hydrogens is 309 g/mol. The molecule has 0 aliphatic carbocycles. The number of hydrogen-bond acceptors (Lipinski definition) is 3. The van der Waals surface area contributed by atoms with Crippen LogP contribution in [0, 0.1) is 0 Å². The van der Waals surface area contributed by atoms with Crippen molar-refractivity contribution in [3.63, 3.8) is 0 Å². The van der Waals surface area contributed by atoms with Gasteiger partial charge in [0.05, 0.1) is 0 Å². The fourth-order valence-electron chi connectivity index (χ4n) is 1.04. The summed E-state index contributed by atoms with van der Waals surface area (Å²) < 4.78 is -0.286. The van der Waals surface area contributed by atoms with Crippen LogP contribution in [0.15, 0.2) is 5.11 Å². The quantitative estimate of drug-likeness (QED) is 0.128. The zero-order chi connectivity index (χ0) is 11.5. The molecule has 0 bridgehead atoms. The smallest absolute Gasteiger partial charge is 0.244 e. The molecule has 1 unspecified atom stereocenters. The normalized spacial score (nSPS) is 11.8. The molecular formula is C8H16IN5O. The van der Waals surface area contributed by atoms with Crippen molar-refractivity contribution in [1.29, 1.82) is 0 Å². The second-order valence-corrected chi connectivity index (χ2v) is 4.33. The highest BCUT2D eigenvalue weighted by Crippen LogP contribution is 2.00. The highest BCUT2D eigenvalue weighted by Gasteiger charge is 2.07. The number of rotatable bonds is 9. The third-order valence-corrected chi connectivity index (χ3v) is 2.88. The number of nitrogens with two attached hydrogens (primary N) is 1. The number of nitrogens with one attached hydrogen (secondary N) is 1. The van der Waals surface area contributed by atoms with E-state index in [-0.39, 0.29) is 9.96 Å². The van der Waals surface area contributed by atoms with Crippen molar-refractivity contribution >= 4 is 28.5 Å². The Morgan fingerprint density at radius 2 is 2.13 bits per heavy atom. The monoisotopic (exact) mass is 325 g/mol. The lowest BCUT2D eigenvalue weighted by Gasteiger charge is -2.07. The van der Waals surface area contributed by atoms with Crippen LogP contribution in [0.25, 0.3) is 10.4 Å². The highest BCUT2D eigenvalue weighted by atomic mass is 127. The maximum absolute atomic E-state index is 10.6. The topological polar surface area (TPSA) is 104 Å². The molecule has 0 aliphatic heterocycles. The Morgan fingerprint density at radius 1 is 1.47 bits per heavy atom. The van der Waals surface area contributed by atoms with E-state index < -0.39 is 0 Å². The lowest BCUT2D eigenvalue weighted by Crippen LogP contribution is -2.36. The molecule has 0 saturated heterocycles. The molecule has 0 saturated carbocycles. The van der Waals surface area contributed by atoms with Crippen molar-refractivity contribution in [2.24, 2.45) is 10.8 Å². The molecule has 1 amide bonds. The van der Waals surface area contributed by atoms with E-state index in [0.717, 1.165) is 32.2 Å². The number of carbonyl (C=O) groups excluding carboxylic acids is 1. The standard InChI is InChI=1S/C8H16IN5O/c9-7(8(10)15)12-5-3-1-2-4-6-13-14-11/h7,12H,1-6H2,(H2,10,15). The number of alkyl halides is 1. The fraction of sp³-hybridized carbons (Fsp3) is 0.875. The molecule has 3 N–H and O–H groups in total. The molecule has 15 heavy (non-hydrogen) atoms. The number of azide groups is 1. The van der Waals surface area contributed by atoms with Gasteiger partial charge in [0.1, 0.15) is 4.05 Å². The van der Waals surface area contributed by atoms with Crippen LogP contribution in [0.2, 0.25) is 0 Å². The summed E-state index contributed by atoms with van der Waals surface area (Å²) in [5, 5.41) is 6.46. The average molecular weight is 325 g/mol. The molecule has 0 radical (unpaired) electrons. The van der Waals surface area contributed by atoms with Gasteiger partial charge in [0, 0.05) is 11.5 Å². The Morgan fingerprint density at radius 3 is 2.73 bits per heavy atom. The van der Waals surface area contributed by atoms with Gasteiger partial charge in [-0.3, -0.25) is 10.1 Å². The summed E-state index contributed by atoms with van der Waals surface area (Å²) in [7, 11) is 0. The Labute approximate surface area is 103 Å². The molecule has 0 fully saturated rings. The third kappa shape index (κ3) is 9.77. The van der Waals surface area contributed by atoms with Crippen LogP contribution in [-0.2, 0) is 4.79 Å². The van der Waals surface area contributed by atoms with Gasteiger partial charge in [-0.2, -0.15) is 0 Å². The van der Waals surface area contributed by atoms with Gasteiger partial charge in [-0.25, -0.2) is 0 Å². The molecule has 1 atom stereocenters. The summed E-state index contributed by atoms with van der Waals surface area (Å²) in [4.78, 5) is 13.3. The molecule has 0 heterocycles. The number of amides is 1. The van der Waals surface area contributed by atoms with Gasteiger partial charge in [0.2, 0.25) is 5.91 Å². The van der Waals surface area contributed by atoms with Crippen LogP contribution >= 0.6 is 22.6 Å². The summed E-state index contributed by atoms with van der Waals surface area (Å²) in [6.45, 7) is 1.36. The number of hydrogen-bond donors (Lipinski definition) is 2. The van der Waals surface area contributed by atoms with Gasteiger partial charge in [0.25, 0.3) is 0 Å². The molecule has 0 aliphatic rings. The summed E-state index contributed by atoms with van der Waals surface area (Å²) in [6.07, 6.45) is 4.04. The predicted molar refractivity (Wildman–Crippen MR) is 67.5 cm³/mol. The molecule has 0 spiro atoms. The minimum Gasteiger partial charge on any atom is -0.368 e. The third-order valence-electron chi connectivity index (χ3n) is 1.82. The van der Waals surface area contributed by atoms with Gasteiger partial charge in [-0.15, -0.1) is 0 Å². The van der Waals surface area contributed by atoms with Crippen LogP contribution in [0.4, 0.5) is 0 Å². The Bertz CT molecular complexity index is 229. The van der Waals surface area contributed by atoms with Crippen molar-refractivity contribution in [3.8, 4) is 0 Å². The number of carbonyl (C=O) groups is 1. The second kappa shape index (κ2) is 10.0. The van der Waals surface area contributed by atoms with Crippen molar-refractivity contribution < 1.29 is 4.79 Å². The van der Waals surface area contributed by atoms with Crippen LogP contribution in [0.1, 0.15) is 25.7 Å². The van der Waals surface area contributed by atoms with Crippen molar-refractivity contribution in [2.45, 2.75) is 29.7 Å². The lowest BCUT2D eigenvalue weighted by molar-refractivity contribution is -0.117. The van der Waals surface area contributed by atoms with E-state index in [2.05, 4.69) is 15.3 Å². The summed E-state index contributed by atoms with van der Waals surface area (Å²) >= 11 is 1.97. The minimum absolute atomic E-state index is 0.286. The number of halogens is 1. The van der Waals surface area contributed by atoms with E-state index in [1.165, 1.54) is 0 Å². The number of primary amides is 1. The van der Waals surface area contributed by atoms with Crippen molar-refractivity contribution in [2.75, 3.05) is 13.1 Å². The molecule has 0 aromatic heterocycles. The zero-order valence-corrected chi connectivity index (χ0v) is 10.7. The maximum Gasteiger partial charge on any atom is 0.244 e. The van der Waals surface area contributed by atoms with Gasteiger partial charge >= 0.3 is 0 Å². The van der Waals surface area contributed by atoms with Crippen molar-refractivity contribution in [1.82, 2.24) is 5.32 Å². The van der Waals surface area contributed by atoms with E-state index in [4.69, 9.17) is 11.3 Å². The van der Waals surface area contributed by atoms with Gasteiger partial charge in [-0.1, -0.05) is 40.5 Å². The Kier molecular flexibility index (Phi) is 9.65. The minimum atomic E-state index is -0.334. The predicted octanol–water partition coefficient (Wildman–Crippen LogP) is 1.69. The van der Waals surface area contributed by atoms with Crippen LogP contribution in [0.3, 0.4) is 0 Å². The number of unbranched alkanes of at least 4 members (excludes halogenated alkanes) is 3. The summed E-state index contributed by atoms with van der Waals surface area (Å²) in [6, 6.07) is 0. The van der Waals surface area contributed by atoms with Crippen LogP contribution < -0.4 is 11.1 Å². The number of nitrogens with zero attached hydrogens (tertiary/aromatic N) is 3. The summed E-state index contributed by atoms with van der Waals surface area (Å²) in [5.41, 5.74) is 13.1. The van der Waals surface area contributed by atoms with E-state index in [1.54, 1.807) is 0 Å². The molecule has 86 valence electrons. The summed E-state index contributed by atoms with van der Waals surface area (Å²) in [5.74, 6) is -0.334. The largest absolute Gasteiger partial charge is 0.368 e. The first kappa shape index (κ1) is 14.5. The van der Waals surface area contributed by atoms with Gasteiger partial charge < -0.3 is 5.73 Å². The maximum atomic E-state index is 10.6. The molecule has 0 aromatic rings.